The van der Waals surface area contributed by atoms with Crippen LogP contribution >= 0.6 is 0 Å². The molecule has 8 nitrogen and oxygen atoms in total. The quantitative estimate of drug-likeness (QED) is 0.157. The summed E-state index contributed by atoms with van der Waals surface area (Å²) in [6, 6.07) is 58.8. The zero-order chi connectivity index (χ0) is 102. The van der Waals surface area contributed by atoms with Crippen molar-refractivity contribution in [1.82, 2.24) is 39.9 Å². The maximum atomic E-state index is 6.59. The summed E-state index contributed by atoms with van der Waals surface area (Å²) in [6.07, 6.45) is 0. The molecule has 8 bridgehead atoms. The number of aromatic nitrogens is 8. The number of nitrogens with zero attached hydrogens (tertiary/aromatic N) is 6. The lowest BCUT2D eigenvalue weighted by atomic mass is 9.77. The third kappa shape index (κ3) is 21.7. The molecule has 5 heterocycles. The zero-order valence-electron chi connectivity index (χ0n) is 93.5. The van der Waals surface area contributed by atoms with E-state index < -0.39 is 0 Å². The Morgan fingerprint density at radius 2 is 0.221 bits per heavy atom. The van der Waals surface area contributed by atoms with Gasteiger partial charge in [0.2, 0.25) is 0 Å². The average molecular weight is 1820 g/mol. The van der Waals surface area contributed by atoms with Gasteiger partial charge in [0, 0.05) is 44.5 Å². The van der Waals surface area contributed by atoms with E-state index in [4.69, 9.17) is 29.9 Å². The lowest BCUT2D eigenvalue weighted by molar-refractivity contribution is 0.567. The van der Waals surface area contributed by atoms with Crippen LogP contribution in [0.15, 0.2) is 146 Å². The normalized spacial score (nSPS) is 14.4. The van der Waals surface area contributed by atoms with Crippen LogP contribution in [0.4, 0.5) is 0 Å². The van der Waals surface area contributed by atoms with E-state index in [2.05, 4.69) is 488 Å². The van der Waals surface area contributed by atoms with Crippen molar-refractivity contribution in [3.8, 4) is 44.5 Å². The fourth-order valence-electron chi connectivity index (χ4n) is 18.2. The van der Waals surface area contributed by atoms with Crippen molar-refractivity contribution in [2.45, 2.75) is 419 Å². The van der Waals surface area contributed by atoms with Crippen LogP contribution < -0.4 is 0 Å². The van der Waals surface area contributed by atoms with Crippen LogP contribution in [0, 0.1) is 0 Å². The van der Waals surface area contributed by atoms with Gasteiger partial charge in [-0.3, -0.25) is 0 Å². The molecule has 136 heavy (non-hydrogen) atoms. The molecule has 8 heteroatoms. The van der Waals surface area contributed by atoms with Gasteiger partial charge in [-0.15, -0.1) is 0 Å². The first-order valence-corrected chi connectivity index (χ1v) is 50.5. The first kappa shape index (κ1) is 103. The predicted octanol–water partition coefficient (Wildman–Crippen LogP) is 35.3. The van der Waals surface area contributed by atoms with Crippen molar-refractivity contribution in [2.24, 2.45) is 0 Å². The molecule has 0 saturated carbocycles. The molecule has 0 unspecified atom stereocenters. The Balaban J connectivity index is 1.51. The summed E-state index contributed by atoms with van der Waals surface area (Å²) in [4.78, 5) is 47.8. The van der Waals surface area contributed by atoms with Crippen molar-refractivity contribution < 1.29 is 0 Å². The molecule has 11 aromatic rings. The minimum atomic E-state index is -0.299. The maximum absolute atomic E-state index is 6.59. The minimum absolute atomic E-state index is 0.297. The van der Waals surface area contributed by atoms with Crippen LogP contribution in [0.25, 0.3) is 89.4 Å². The van der Waals surface area contributed by atoms with Gasteiger partial charge in [-0.1, -0.05) is 478 Å². The van der Waals surface area contributed by atoms with E-state index in [-0.39, 0.29) is 86.6 Å². The molecule has 3 aromatic heterocycles. The van der Waals surface area contributed by atoms with Gasteiger partial charge in [0.1, 0.15) is 22.6 Å². The van der Waals surface area contributed by atoms with Gasteiger partial charge in [-0.25, -0.2) is 29.9 Å². The molecular formula is C128H170N8. The van der Waals surface area contributed by atoms with Crippen molar-refractivity contribution >= 4 is 44.9 Å². The van der Waals surface area contributed by atoms with Gasteiger partial charge >= 0.3 is 0 Å². The summed E-state index contributed by atoms with van der Waals surface area (Å²) in [6.45, 7) is 113. The second kappa shape index (κ2) is 34.0. The molecule has 2 N–H and O–H groups in total. The number of H-pyrrole nitrogens is 2. The average Bonchev–Trinajstić information content (AvgIpc) is 1.57. The van der Waals surface area contributed by atoms with E-state index in [9.17, 15) is 0 Å². The molecule has 2 aliphatic heterocycles. The van der Waals surface area contributed by atoms with Gasteiger partial charge in [-0.2, -0.15) is 0 Å². The maximum Gasteiger partial charge on any atom is 0.165 e. The third-order valence-corrected chi connectivity index (χ3v) is 28.2. The second-order valence-corrected chi connectivity index (χ2v) is 57.0. The summed E-state index contributed by atoms with van der Waals surface area (Å²) in [5.41, 5.74) is 32.1. The van der Waals surface area contributed by atoms with Gasteiger partial charge in [0.15, 0.2) is 23.3 Å². The summed E-state index contributed by atoms with van der Waals surface area (Å²) in [7, 11) is 0. The Bertz CT molecular complexity index is 5730. The largest absolute Gasteiger partial charge is 0.324 e. The number of fused-ring (bicyclic) bond motifs is 8. The van der Waals surface area contributed by atoms with E-state index in [1.54, 1.807) is 0 Å². The van der Waals surface area contributed by atoms with Crippen LogP contribution in [-0.2, 0) is 86.6 Å². The highest BCUT2D eigenvalue weighted by Gasteiger charge is 2.39. The van der Waals surface area contributed by atoms with Crippen LogP contribution in [0.5, 0.6) is 0 Å². The number of benzene rings is 8. The molecular weight excluding hydrogens is 1650 g/mol. The SMILES string of the molecule is CC(C)(C)c1cc(C2=C(c3cc(C(C)(C)C)cc(C(C)(C)C)c3)c3nc2nc2[nH]c(nc4nc(nc5[nH]c(n3)c(-c3cc(C(C)(C)C)cc(C(C)(C)C)c3)c5-c3cc(C(C)(C)C)cc(C(C)(C)C)c3)C(c3cc(C(C)(C)C)cc(C(C)(C)C)c3)=C4c3cc(C(C)(C)C)cc(C(C)(C)C)c3)c(-c3cc(C(C)(C)C)cc(C(C)(C)C)c3)c2-c2cc(C(C)(C)C)cc(C(C)(C)C)c2)cc(C(C)(C)C)c1. The fourth-order valence-corrected chi connectivity index (χ4v) is 18.2. The first-order valence-electron chi connectivity index (χ1n) is 50.5. The Morgan fingerprint density at radius 3 is 0.316 bits per heavy atom. The van der Waals surface area contributed by atoms with E-state index in [1.807, 2.05) is 0 Å². The van der Waals surface area contributed by atoms with E-state index in [0.717, 1.165) is 89.1 Å². The number of aromatic amines is 2. The number of nitrogens with one attached hydrogen (secondary N) is 2. The van der Waals surface area contributed by atoms with Crippen molar-refractivity contribution in [1.29, 1.82) is 0 Å². The molecule has 0 saturated heterocycles. The van der Waals surface area contributed by atoms with Crippen LogP contribution in [0.2, 0.25) is 0 Å². The Morgan fingerprint density at radius 1 is 0.125 bits per heavy atom. The molecule has 13 rings (SSSR count). The van der Waals surface area contributed by atoms with Crippen LogP contribution in [0.1, 0.15) is 467 Å². The fraction of sp³-hybridized carbons (Fsp3) is 0.500. The summed E-state index contributed by atoms with van der Waals surface area (Å²) < 4.78 is 0. The second-order valence-electron chi connectivity index (χ2n) is 57.0. The summed E-state index contributed by atoms with van der Waals surface area (Å²) in [5, 5.41) is 0. The molecule has 0 fully saturated rings. The smallest absolute Gasteiger partial charge is 0.165 e. The highest BCUT2D eigenvalue weighted by molar-refractivity contribution is 6.09. The Kier molecular flexibility index (Phi) is 25.8. The minimum Gasteiger partial charge on any atom is -0.324 e. The summed E-state index contributed by atoms with van der Waals surface area (Å²) >= 11 is 0. The lowest BCUT2D eigenvalue weighted by Crippen LogP contribution is -2.17. The number of hydrogen-bond donors (Lipinski definition) is 2. The molecule has 722 valence electrons. The Labute approximate surface area is 822 Å². The highest BCUT2D eigenvalue weighted by Crippen LogP contribution is 2.53. The highest BCUT2D eigenvalue weighted by atomic mass is 15.1. The molecule has 0 spiro atoms. The molecule has 0 aliphatic carbocycles. The van der Waals surface area contributed by atoms with Gasteiger partial charge < -0.3 is 9.97 Å². The molecule has 2 aliphatic rings. The van der Waals surface area contributed by atoms with Crippen LogP contribution in [0.3, 0.4) is 0 Å². The first-order chi connectivity index (χ1) is 61.4. The molecule has 8 aromatic carbocycles. The molecule has 0 radical (unpaired) electrons. The Hall–Kier alpha value is -9.92. The van der Waals surface area contributed by atoms with E-state index >= 15 is 0 Å². The van der Waals surface area contributed by atoms with Crippen LogP contribution in [-0.4, -0.2) is 39.9 Å². The third-order valence-electron chi connectivity index (χ3n) is 28.2. The van der Waals surface area contributed by atoms with Crippen molar-refractivity contribution in [3.63, 3.8) is 0 Å². The zero-order valence-corrected chi connectivity index (χ0v) is 93.5. The van der Waals surface area contributed by atoms with Gasteiger partial charge in [0.05, 0.1) is 0 Å². The topological polar surface area (TPSA) is 109 Å². The lowest BCUT2D eigenvalue weighted by Gasteiger charge is -2.28. The summed E-state index contributed by atoms with van der Waals surface area (Å²) in [5.74, 6) is 2.06. The van der Waals surface area contributed by atoms with Gasteiger partial charge in [0.25, 0.3) is 0 Å². The van der Waals surface area contributed by atoms with E-state index in [0.29, 0.717) is 45.9 Å². The van der Waals surface area contributed by atoms with Gasteiger partial charge in [-0.05, 0) is 220 Å². The van der Waals surface area contributed by atoms with Crippen molar-refractivity contribution in [2.75, 3.05) is 0 Å². The molecule has 0 atom stereocenters. The molecule has 0 amide bonds. The predicted molar refractivity (Wildman–Crippen MR) is 589 cm³/mol. The standard InChI is InChI=1S/C128H170N8/c1-113(2,3)81-49-73(50-82(65-81)114(4,5)6)97-98(74-51-83(115(7,8)9)66-84(52-74)116(10,11)12)106-129-105(97)133-107-99(75-53-85(117(13,14)15)67-86(54-75)118(16,17)18)100(76-55-87(119(19,20)21)68-88(56-76)120(22,23)24)109(130-107)135-111-103(79-61-93(125(37,38)39)71-94(62-79)126(40,41)42)104(80-63-95(127(43,44)45)72-96(64-80)128(46,47)48)112(132-111)136-110-102(78-59-91(123(31,32)33)70-92(60-78)124(34,35)36)101(108(131-110)134-106)77-57-89(121(25,26)27)69-90(58-77)122(28,29)30/h49-72H,1-48H3,(H2,129,130,131,132,133,134,135,136). The van der Waals surface area contributed by atoms with Crippen molar-refractivity contribution in [3.05, 3.63) is 280 Å². The number of rotatable bonds is 8. The van der Waals surface area contributed by atoms with E-state index in [1.165, 1.54) is 89.0 Å². The monoisotopic (exact) mass is 1820 g/mol. The number of hydrogen-bond acceptors (Lipinski definition) is 6.